The highest BCUT2D eigenvalue weighted by Gasteiger charge is 2.08. The minimum absolute atomic E-state index is 0.289. The zero-order valence-electron chi connectivity index (χ0n) is 7.71. The fourth-order valence-corrected chi connectivity index (χ4v) is 1.29. The quantitative estimate of drug-likeness (QED) is 0.725. The molecule has 0 atom stereocenters. The maximum Gasteiger partial charge on any atom is 0.123 e. The molecule has 0 spiro atoms. The number of nitrogens with two attached hydrogens (primary N) is 1. The summed E-state index contributed by atoms with van der Waals surface area (Å²) in [4.78, 5) is 0. The molecular weight excluding hydrogens is 181 g/mol. The van der Waals surface area contributed by atoms with Crippen LogP contribution in [-0.2, 0) is 0 Å². The first-order valence-corrected chi connectivity index (χ1v) is 4.25. The van der Waals surface area contributed by atoms with Crippen molar-refractivity contribution in [3.63, 3.8) is 0 Å². The molecule has 1 aromatic heterocycles. The number of hydrogen-bond acceptors (Lipinski definition) is 2. The normalized spacial score (nSPS) is 10.4. The fraction of sp³-hybridized carbons (Fsp3) is 0.100. The Balaban J connectivity index is 2.55. The van der Waals surface area contributed by atoms with Crippen molar-refractivity contribution in [2.45, 2.75) is 6.92 Å². The summed E-state index contributed by atoms with van der Waals surface area (Å²) < 4.78 is 12.9. The average molecular weight is 191 g/mol. The van der Waals surface area contributed by atoms with Crippen LogP contribution in [0.4, 0.5) is 10.1 Å². The maximum atomic E-state index is 12.9. The molecular formula is C10H10FN3. The van der Waals surface area contributed by atoms with E-state index in [4.69, 9.17) is 5.73 Å². The van der Waals surface area contributed by atoms with Gasteiger partial charge in [-0.25, -0.2) is 4.39 Å². The average Bonchev–Trinajstić information content (AvgIpc) is 2.48. The van der Waals surface area contributed by atoms with Crippen LogP contribution in [-0.4, -0.2) is 10.2 Å². The third-order valence-electron chi connectivity index (χ3n) is 2.09. The summed E-state index contributed by atoms with van der Waals surface area (Å²) in [5.74, 6) is -0.289. The molecule has 2 aromatic rings. The molecule has 0 radical (unpaired) electrons. The van der Waals surface area contributed by atoms with Crippen LogP contribution in [0.5, 0.6) is 0 Å². The molecule has 0 amide bonds. The standard InChI is InChI=1S/C10H10FN3/c1-6-9(12)10(14-13-6)7-3-2-4-8(11)5-7/h2-5H,12H2,1H3,(H,13,14). The predicted octanol–water partition coefficient (Wildman–Crippen LogP) is 2.11. The van der Waals surface area contributed by atoms with Crippen LogP contribution < -0.4 is 5.73 Å². The lowest BCUT2D eigenvalue weighted by atomic mass is 10.1. The van der Waals surface area contributed by atoms with E-state index in [1.807, 2.05) is 6.92 Å². The molecule has 1 heterocycles. The van der Waals surface area contributed by atoms with Gasteiger partial charge in [0.15, 0.2) is 0 Å². The Kier molecular flexibility index (Phi) is 1.96. The van der Waals surface area contributed by atoms with Crippen LogP contribution >= 0.6 is 0 Å². The Morgan fingerprint density at radius 1 is 1.43 bits per heavy atom. The van der Waals surface area contributed by atoms with Crippen LogP contribution in [0.2, 0.25) is 0 Å². The van der Waals surface area contributed by atoms with E-state index in [9.17, 15) is 4.39 Å². The highest BCUT2D eigenvalue weighted by atomic mass is 19.1. The number of anilines is 1. The molecule has 1 aromatic carbocycles. The van der Waals surface area contributed by atoms with Crippen LogP contribution in [0, 0.1) is 12.7 Å². The maximum absolute atomic E-state index is 12.9. The molecule has 4 heteroatoms. The summed E-state index contributed by atoms with van der Waals surface area (Å²) in [6, 6.07) is 6.20. The predicted molar refractivity (Wildman–Crippen MR) is 53.1 cm³/mol. The van der Waals surface area contributed by atoms with Crippen LogP contribution in [0.15, 0.2) is 24.3 Å². The van der Waals surface area contributed by atoms with Gasteiger partial charge in [0.1, 0.15) is 11.5 Å². The molecule has 72 valence electrons. The van der Waals surface area contributed by atoms with Gasteiger partial charge in [0.05, 0.1) is 11.4 Å². The zero-order chi connectivity index (χ0) is 10.1. The number of nitrogen functional groups attached to an aromatic ring is 1. The molecule has 0 aliphatic heterocycles. The molecule has 3 nitrogen and oxygen atoms in total. The largest absolute Gasteiger partial charge is 0.395 e. The summed E-state index contributed by atoms with van der Waals surface area (Å²) in [6.45, 7) is 1.82. The van der Waals surface area contributed by atoms with Gasteiger partial charge >= 0.3 is 0 Å². The van der Waals surface area contributed by atoms with Gasteiger partial charge in [-0.15, -0.1) is 0 Å². The second-order valence-electron chi connectivity index (χ2n) is 3.12. The first-order chi connectivity index (χ1) is 6.68. The number of aromatic amines is 1. The highest BCUT2D eigenvalue weighted by molar-refractivity contribution is 5.73. The number of nitrogens with one attached hydrogen (secondary N) is 1. The van der Waals surface area contributed by atoms with Gasteiger partial charge in [0, 0.05) is 5.56 Å². The third kappa shape index (κ3) is 1.35. The molecule has 0 unspecified atom stereocenters. The number of aromatic nitrogens is 2. The number of hydrogen-bond donors (Lipinski definition) is 2. The first kappa shape index (κ1) is 8.74. The Bertz CT molecular complexity index is 462. The molecule has 0 aliphatic rings. The number of nitrogens with zero attached hydrogens (tertiary/aromatic N) is 1. The van der Waals surface area contributed by atoms with E-state index in [0.717, 1.165) is 5.69 Å². The molecule has 0 saturated heterocycles. The highest BCUT2D eigenvalue weighted by Crippen LogP contribution is 2.25. The van der Waals surface area contributed by atoms with Gasteiger partial charge in [-0.3, -0.25) is 5.10 Å². The number of benzene rings is 1. The summed E-state index contributed by atoms with van der Waals surface area (Å²) in [5.41, 5.74) is 8.42. The van der Waals surface area contributed by atoms with Gasteiger partial charge in [0.25, 0.3) is 0 Å². The smallest absolute Gasteiger partial charge is 0.123 e. The molecule has 14 heavy (non-hydrogen) atoms. The van der Waals surface area contributed by atoms with Gasteiger partial charge < -0.3 is 5.73 Å². The van der Waals surface area contributed by atoms with Gasteiger partial charge in [0.2, 0.25) is 0 Å². The second-order valence-corrected chi connectivity index (χ2v) is 3.12. The topological polar surface area (TPSA) is 54.7 Å². The SMILES string of the molecule is Cc1[nH]nc(-c2cccc(F)c2)c1N. The van der Waals surface area contributed by atoms with Crippen LogP contribution in [0.25, 0.3) is 11.3 Å². The van der Waals surface area contributed by atoms with E-state index in [-0.39, 0.29) is 5.82 Å². The minimum Gasteiger partial charge on any atom is -0.395 e. The van der Waals surface area contributed by atoms with Crippen molar-refractivity contribution in [3.05, 3.63) is 35.8 Å². The van der Waals surface area contributed by atoms with Crippen molar-refractivity contribution in [1.82, 2.24) is 10.2 Å². The van der Waals surface area contributed by atoms with E-state index in [2.05, 4.69) is 10.2 Å². The molecule has 0 saturated carbocycles. The Morgan fingerprint density at radius 3 is 2.79 bits per heavy atom. The second kappa shape index (κ2) is 3.14. The molecule has 0 aliphatic carbocycles. The summed E-state index contributed by atoms with van der Waals surface area (Å²) in [7, 11) is 0. The van der Waals surface area contributed by atoms with E-state index in [1.54, 1.807) is 12.1 Å². The Hall–Kier alpha value is -1.84. The molecule has 0 bridgehead atoms. The number of rotatable bonds is 1. The van der Waals surface area contributed by atoms with Crippen molar-refractivity contribution in [3.8, 4) is 11.3 Å². The van der Waals surface area contributed by atoms with E-state index in [0.29, 0.717) is 16.9 Å². The fourth-order valence-electron chi connectivity index (χ4n) is 1.29. The zero-order valence-corrected chi connectivity index (χ0v) is 7.71. The molecule has 0 fully saturated rings. The monoisotopic (exact) mass is 191 g/mol. The van der Waals surface area contributed by atoms with Crippen molar-refractivity contribution in [2.24, 2.45) is 0 Å². The lowest BCUT2D eigenvalue weighted by molar-refractivity contribution is 0.628. The van der Waals surface area contributed by atoms with Crippen LogP contribution in [0.1, 0.15) is 5.69 Å². The van der Waals surface area contributed by atoms with Crippen LogP contribution in [0.3, 0.4) is 0 Å². The van der Waals surface area contributed by atoms with Crippen molar-refractivity contribution in [1.29, 1.82) is 0 Å². The Morgan fingerprint density at radius 2 is 2.21 bits per heavy atom. The van der Waals surface area contributed by atoms with Gasteiger partial charge in [-0.05, 0) is 19.1 Å². The van der Waals surface area contributed by atoms with Gasteiger partial charge in [-0.2, -0.15) is 5.10 Å². The van der Waals surface area contributed by atoms with Crippen molar-refractivity contribution in [2.75, 3.05) is 5.73 Å². The van der Waals surface area contributed by atoms with E-state index in [1.165, 1.54) is 12.1 Å². The van der Waals surface area contributed by atoms with Crippen molar-refractivity contribution < 1.29 is 4.39 Å². The summed E-state index contributed by atoms with van der Waals surface area (Å²) >= 11 is 0. The Labute approximate surface area is 80.8 Å². The minimum atomic E-state index is -0.289. The third-order valence-corrected chi connectivity index (χ3v) is 2.09. The molecule has 3 N–H and O–H groups in total. The summed E-state index contributed by atoms with van der Waals surface area (Å²) in [6.07, 6.45) is 0. The van der Waals surface area contributed by atoms with Gasteiger partial charge in [-0.1, -0.05) is 12.1 Å². The molecule has 2 rings (SSSR count). The number of halogens is 1. The lowest BCUT2D eigenvalue weighted by Gasteiger charge is -1.98. The van der Waals surface area contributed by atoms with Crippen molar-refractivity contribution >= 4 is 5.69 Å². The number of aryl methyl sites for hydroxylation is 1. The van der Waals surface area contributed by atoms with E-state index >= 15 is 0 Å². The summed E-state index contributed by atoms with van der Waals surface area (Å²) in [5, 5.41) is 6.77. The lowest BCUT2D eigenvalue weighted by Crippen LogP contribution is -1.89. The number of H-pyrrole nitrogens is 1. The van der Waals surface area contributed by atoms with E-state index < -0.39 is 0 Å². The first-order valence-electron chi connectivity index (χ1n) is 4.25.